The third kappa shape index (κ3) is 3.77. The summed E-state index contributed by atoms with van der Waals surface area (Å²) in [6.07, 6.45) is 0.770. The van der Waals surface area contributed by atoms with Crippen molar-refractivity contribution in [1.82, 2.24) is 15.5 Å². The highest BCUT2D eigenvalue weighted by atomic mass is 79.9. The zero-order valence-corrected chi connectivity index (χ0v) is 12.7. The maximum Gasteiger partial charge on any atom is 0.268 e. The molecule has 0 aliphatic carbocycles. The summed E-state index contributed by atoms with van der Waals surface area (Å²) in [6, 6.07) is 4.29. The first-order valence-electron chi connectivity index (χ1n) is 4.94. The quantitative estimate of drug-likeness (QED) is 0.930. The van der Waals surface area contributed by atoms with E-state index in [1.165, 1.54) is 0 Å². The minimum atomic E-state index is 0. The lowest BCUT2D eigenvalue weighted by molar-refractivity contribution is 0.419. The topological polar surface area (TPSA) is 51.0 Å². The highest BCUT2D eigenvalue weighted by Gasteiger charge is 2.12. The third-order valence-corrected chi connectivity index (χ3v) is 3.85. The lowest BCUT2D eigenvalue weighted by Crippen LogP contribution is -2.24. The number of likely N-dealkylation sites (N-methyl/N-ethyl adjacent to an activating group) is 1. The van der Waals surface area contributed by atoms with E-state index in [9.17, 15) is 0 Å². The molecule has 94 valence electrons. The number of hydrogen-bond donors (Lipinski definition) is 1. The second-order valence-corrected chi connectivity index (χ2v) is 5.98. The number of aromatic nitrogens is 2. The second-order valence-electron chi connectivity index (χ2n) is 3.51. The van der Waals surface area contributed by atoms with Gasteiger partial charge in [0.15, 0.2) is 5.82 Å². The van der Waals surface area contributed by atoms with E-state index >= 15 is 0 Å². The molecule has 0 saturated heterocycles. The number of thiophene rings is 1. The monoisotopic (exact) mass is 337 g/mol. The van der Waals surface area contributed by atoms with Crippen molar-refractivity contribution in [3.63, 3.8) is 0 Å². The standard InChI is InChI=1S/C10H12BrN3OS.ClH/c1-6(12-2)5-9-13-10(15-14-9)7-3-4-8(11)16-7;/h3-4,6,12H,5H2,1-2H3;1H. The van der Waals surface area contributed by atoms with E-state index in [0.29, 0.717) is 11.9 Å². The number of nitrogens with zero attached hydrogens (tertiary/aromatic N) is 2. The number of hydrogen-bond acceptors (Lipinski definition) is 5. The average Bonchev–Trinajstić information content (AvgIpc) is 2.87. The summed E-state index contributed by atoms with van der Waals surface area (Å²) in [4.78, 5) is 5.34. The minimum absolute atomic E-state index is 0. The van der Waals surface area contributed by atoms with Crippen molar-refractivity contribution in [2.24, 2.45) is 0 Å². The third-order valence-electron chi connectivity index (χ3n) is 2.23. The van der Waals surface area contributed by atoms with Gasteiger partial charge in [-0.15, -0.1) is 23.7 Å². The van der Waals surface area contributed by atoms with Crippen LogP contribution in [0.2, 0.25) is 0 Å². The molecule has 4 nitrogen and oxygen atoms in total. The van der Waals surface area contributed by atoms with Gasteiger partial charge in [0.25, 0.3) is 5.89 Å². The molecule has 0 bridgehead atoms. The molecular weight excluding hydrogens is 326 g/mol. The molecule has 0 aliphatic heterocycles. The average molecular weight is 339 g/mol. The van der Waals surface area contributed by atoms with E-state index in [2.05, 4.69) is 38.3 Å². The van der Waals surface area contributed by atoms with Crippen LogP contribution in [0.4, 0.5) is 0 Å². The molecule has 0 aliphatic rings. The van der Waals surface area contributed by atoms with Crippen LogP contribution in [0, 0.1) is 0 Å². The molecule has 2 aromatic heterocycles. The van der Waals surface area contributed by atoms with Gasteiger partial charge in [-0.05, 0) is 42.0 Å². The van der Waals surface area contributed by atoms with Crippen LogP contribution in [0.5, 0.6) is 0 Å². The molecule has 2 heterocycles. The molecule has 17 heavy (non-hydrogen) atoms. The number of halogens is 2. The highest BCUT2D eigenvalue weighted by molar-refractivity contribution is 9.11. The molecule has 0 amide bonds. The zero-order chi connectivity index (χ0) is 11.5. The largest absolute Gasteiger partial charge is 0.333 e. The molecule has 2 rings (SSSR count). The van der Waals surface area contributed by atoms with Gasteiger partial charge in [0.2, 0.25) is 0 Å². The van der Waals surface area contributed by atoms with Crippen molar-refractivity contribution >= 4 is 39.7 Å². The van der Waals surface area contributed by atoms with E-state index in [1.54, 1.807) is 11.3 Å². The fourth-order valence-electron chi connectivity index (χ4n) is 1.24. The predicted octanol–water partition coefficient (Wildman–Crippen LogP) is 3.13. The van der Waals surface area contributed by atoms with Crippen molar-refractivity contribution in [1.29, 1.82) is 0 Å². The Hall–Kier alpha value is -0.430. The molecule has 1 N–H and O–H groups in total. The van der Waals surface area contributed by atoms with Gasteiger partial charge >= 0.3 is 0 Å². The first-order chi connectivity index (χ1) is 7.69. The Morgan fingerprint density at radius 2 is 2.29 bits per heavy atom. The molecule has 0 saturated carbocycles. The normalized spacial score (nSPS) is 12.2. The van der Waals surface area contributed by atoms with Gasteiger partial charge in [-0.2, -0.15) is 4.98 Å². The first-order valence-corrected chi connectivity index (χ1v) is 6.55. The second kappa shape index (κ2) is 6.49. The van der Waals surface area contributed by atoms with Gasteiger partial charge in [-0.1, -0.05) is 5.16 Å². The summed E-state index contributed by atoms with van der Waals surface area (Å²) < 4.78 is 6.27. The van der Waals surface area contributed by atoms with Crippen molar-refractivity contribution in [2.45, 2.75) is 19.4 Å². The van der Waals surface area contributed by atoms with Crippen molar-refractivity contribution in [2.75, 3.05) is 7.05 Å². The predicted molar refractivity (Wildman–Crippen MR) is 74.8 cm³/mol. The Bertz CT molecular complexity index is 474. The van der Waals surface area contributed by atoms with Crippen LogP contribution in [-0.2, 0) is 6.42 Å². The van der Waals surface area contributed by atoms with Crippen LogP contribution in [0.15, 0.2) is 20.4 Å². The number of rotatable bonds is 4. The van der Waals surface area contributed by atoms with Crippen molar-refractivity contribution < 1.29 is 4.52 Å². The molecule has 1 unspecified atom stereocenters. The molecule has 2 aromatic rings. The van der Waals surface area contributed by atoms with Crippen LogP contribution in [0.25, 0.3) is 10.8 Å². The SMILES string of the molecule is CNC(C)Cc1noc(-c2ccc(Br)s2)n1.Cl. The van der Waals surface area contributed by atoms with Gasteiger partial charge in [-0.3, -0.25) is 0 Å². The van der Waals surface area contributed by atoms with Gasteiger partial charge in [0.1, 0.15) is 0 Å². The molecule has 0 radical (unpaired) electrons. The van der Waals surface area contributed by atoms with Gasteiger partial charge in [0.05, 0.1) is 8.66 Å². The summed E-state index contributed by atoms with van der Waals surface area (Å²) in [5, 5.41) is 7.09. The summed E-state index contributed by atoms with van der Waals surface area (Å²) >= 11 is 4.99. The molecule has 1 atom stereocenters. The van der Waals surface area contributed by atoms with Crippen LogP contribution < -0.4 is 5.32 Å². The van der Waals surface area contributed by atoms with E-state index in [1.807, 2.05) is 19.2 Å². The maximum absolute atomic E-state index is 5.21. The molecule has 0 aromatic carbocycles. The Labute approximate surface area is 118 Å². The summed E-state index contributed by atoms with van der Waals surface area (Å²) in [5.74, 6) is 1.33. The highest BCUT2D eigenvalue weighted by Crippen LogP contribution is 2.30. The molecule has 7 heteroatoms. The fraction of sp³-hybridized carbons (Fsp3) is 0.400. The Morgan fingerprint density at radius 3 is 2.88 bits per heavy atom. The van der Waals surface area contributed by atoms with Crippen LogP contribution in [-0.4, -0.2) is 23.2 Å². The summed E-state index contributed by atoms with van der Waals surface area (Å²) in [7, 11) is 1.92. The van der Waals surface area contributed by atoms with Crippen LogP contribution >= 0.6 is 39.7 Å². The smallest absolute Gasteiger partial charge is 0.268 e. The van der Waals surface area contributed by atoms with Crippen molar-refractivity contribution in [3.05, 3.63) is 21.7 Å². The zero-order valence-electron chi connectivity index (χ0n) is 9.44. The van der Waals surface area contributed by atoms with E-state index < -0.39 is 0 Å². The van der Waals surface area contributed by atoms with E-state index in [-0.39, 0.29) is 12.4 Å². The Kier molecular flexibility index (Phi) is 5.58. The first kappa shape index (κ1) is 14.6. The lowest BCUT2D eigenvalue weighted by Gasteiger charge is -2.04. The molecular formula is C10H13BrClN3OS. The van der Waals surface area contributed by atoms with Crippen molar-refractivity contribution in [3.8, 4) is 10.8 Å². The van der Waals surface area contributed by atoms with Gasteiger partial charge in [0, 0.05) is 12.5 Å². The molecule has 0 spiro atoms. The fourth-order valence-corrected chi connectivity index (χ4v) is 2.55. The van der Waals surface area contributed by atoms with Crippen LogP contribution in [0.3, 0.4) is 0 Å². The maximum atomic E-state index is 5.21. The Balaban J connectivity index is 0.00000144. The molecule has 0 fully saturated rings. The summed E-state index contributed by atoms with van der Waals surface area (Å²) in [5.41, 5.74) is 0. The van der Waals surface area contributed by atoms with E-state index in [4.69, 9.17) is 4.52 Å². The van der Waals surface area contributed by atoms with Crippen LogP contribution in [0.1, 0.15) is 12.7 Å². The summed E-state index contributed by atoms with van der Waals surface area (Å²) in [6.45, 7) is 2.08. The minimum Gasteiger partial charge on any atom is -0.333 e. The lowest BCUT2D eigenvalue weighted by atomic mass is 10.2. The Morgan fingerprint density at radius 1 is 1.53 bits per heavy atom. The number of nitrogens with one attached hydrogen (secondary N) is 1. The van der Waals surface area contributed by atoms with Gasteiger partial charge in [-0.25, -0.2) is 0 Å². The van der Waals surface area contributed by atoms with Gasteiger partial charge < -0.3 is 9.84 Å². The van der Waals surface area contributed by atoms with E-state index in [0.717, 1.165) is 20.9 Å².